The first-order chi connectivity index (χ1) is 8.75. The zero-order valence-electron chi connectivity index (χ0n) is 9.54. The van der Waals surface area contributed by atoms with Crippen LogP contribution in [0.2, 0.25) is 0 Å². The Kier molecular flexibility index (Phi) is 2.83. The summed E-state index contributed by atoms with van der Waals surface area (Å²) in [5.41, 5.74) is 2.81. The predicted molar refractivity (Wildman–Crippen MR) is 67.2 cm³/mol. The number of carbonyl (C=O) groups excluding carboxylic acids is 1. The Labute approximate surface area is 108 Å². The van der Waals surface area contributed by atoms with E-state index in [1.165, 1.54) is 17.4 Å². The standard InChI is InChI=1S/C13H11FN2OS/c14-11-4-2-1-3-10(11)9-5-16(6-9)13(17)12-7-18-8-15-12/h1-4,7-9H,5-6H2. The van der Waals surface area contributed by atoms with E-state index in [4.69, 9.17) is 0 Å². The SMILES string of the molecule is O=C(c1cscn1)N1CC(c2ccccc2F)C1. The molecule has 1 aliphatic heterocycles. The molecule has 0 unspecified atom stereocenters. The number of thiazole rings is 1. The fourth-order valence-corrected chi connectivity index (χ4v) is 2.65. The smallest absolute Gasteiger partial charge is 0.273 e. The second-order valence-corrected chi connectivity index (χ2v) is 5.02. The van der Waals surface area contributed by atoms with E-state index in [0.29, 0.717) is 24.3 Å². The van der Waals surface area contributed by atoms with Gasteiger partial charge in [-0.15, -0.1) is 11.3 Å². The molecule has 0 N–H and O–H groups in total. The third-order valence-corrected chi connectivity index (χ3v) is 3.75. The lowest BCUT2D eigenvalue weighted by Crippen LogP contribution is -2.48. The Morgan fingerprint density at radius 2 is 2.17 bits per heavy atom. The molecule has 2 aromatic rings. The van der Waals surface area contributed by atoms with E-state index in [1.807, 2.05) is 6.07 Å². The Morgan fingerprint density at radius 3 is 2.83 bits per heavy atom. The number of halogens is 1. The molecule has 1 aliphatic rings. The summed E-state index contributed by atoms with van der Waals surface area (Å²) in [7, 11) is 0. The molecule has 3 nitrogen and oxygen atoms in total. The molecular formula is C13H11FN2OS. The molecule has 5 heteroatoms. The molecule has 0 radical (unpaired) electrons. The van der Waals surface area contributed by atoms with E-state index in [-0.39, 0.29) is 17.6 Å². The highest BCUT2D eigenvalue weighted by Crippen LogP contribution is 2.29. The molecule has 0 bridgehead atoms. The van der Waals surface area contributed by atoms with E-state index in [0.717, 1.165) is 0 Å². The lowest BCUT2D eigenvalue weighted by molar-refractivity contribution is 0.0593. The summed E-state index contributed by atoms with van der Waals surface area (Å²) in [6.45, 7) is 1.13. The minimum atomic E-state index is -0.191. The van der Waals surface area contributed by atoms with E-state index in [1.54, 1.807) is 27.9 Å². The molecule has 0 saturated carbocycles. The molecule has 92 valence electrons. The second kappa shape index (κ2) is 4.49. The van der Waals surface area contributed by atoms with Gasteiger partial charge in [0.05, 0.1) is 5.51 Å². The zero-order chi connectivity index (χ0) is 12.5. The van der Waals surface area contributed by atoms with Gasteiger partial charge in [-0.1, -0.05) is 18.2 Å². The highest BCUT2D eigenvalue weighted by molar-refractivity contribution is 7.07. The average molecular weight is 262 g/mol. The first-order valence-corrected chi connectivity index (χ1v) is 6.62. The van der Waals surface area contributed by atoms with Crippen LogP contribution in [-0.4, -0.2) is 28.9 Å². The van der Waals surface area contributed by atoms with Gasteiger partial charge in [-0.05, 0) is 11.6 Å². The van der Waals surface area contributed by atoms with Gasteiger partial charge in [0, 0.05) is 24.4 Å². The second-order valence-electron chi connectivity index (χ2n) is 4.30. The van der Waals surface area contributed by atoms with Crippen LogP contribution in [0.1, 0.15) is 22.0 Å². The Morgan fingerprint density at radius 1 is 1.39 bits per heavy atom. The van der Waals surface area contributed by atoms with Crippen molar-refractivity contribution in [2.75, 3.05) is 13.1 Å². The number of likely N-dealkylation sites (tertiary alicyclic amines) is 1. The molecular weight excluding hydrogens is 251 g/mol. The van der Waals surface area contributed by atoms with Crippen molar-refractivity contribution in [1.29, 1.82) is 0 Å². The van der Waals surface area contributed by atoms with Crippen molar-refractivity contribution in [3.05, 3.63) is 52.2 Å². The van der Waals surface area contributed by atoms with Crippen LogP contribution in [0.3, 0.4) is 0 Å². The van der Waals surface area contributed by atoms with Gasteiger partial charge >= 0.3 is 0 Å². The number of hydrogen-bond acceptors (Lipinski definition) is 3. The summed E-state index contributed by atoms with van der Waals surface area (Å²) < 4.78 is 13.5. The molecule has 1 saturated heterocycles. The maximum absolute atomic E-state index is 13.5. The molecule has 1 amide bonds. The van der Waals surface area contributed by atoms with Crippen LogP contribution in [-0.2, 0) is 0 Å². The van der Waals surface area contributed by atoms with Crippen LogP contribution >= 0.6 is 11.3 Å². The topological polar surface area (TPSA) is 33.2 Å². The van der Waals surface area contributed by atoms with E-state index in [9.17, 15) is 9.18 Å². The number of aromatic nitrogens is 1. The van der Waals surface area contributed by atoms with E-state index < -0.39 is 0 Å². The van der Waals surface area contributed by atoms with Crippen molar-refractivity contribution in [3.63, 3.8) is 0 Å². The lowest BCUT2D eigenvalue weighted by Gasteiger charge is -2.39. The van der Waals surface area contributed by atoms with E-state index >= 15 is 0 Å². The molecule has 1 aromatic carbocycles. The Hall–Kier alpha value is -1.75. The summed E-state index contributed by atoms with van der Waals surface area (Å²) in [5, 5.41) is 1.73. The summed E-state index contributed by atoms with van der Waals surface area (Å²) in [6.07, 6.45) is 0. The summed E-state index contributed by atoms with van der Waals surface area (Å²) in [4.78, 5) is 17.6. The van der Waals surface area contributed by atoms with Crippen molar-refractivity contribution in [2.24, 2.45) is 0 Å². The summed E-state index contributed by atoms with van der Waals surface area (Å²) in [5.74, 6) is -0.152. The van der Waals surface area contributed by atoms with Gasteiger partial charge in [-0.2, -0.15) is 0 Å². The number of rotatable bonds is 2. The fourth-order valence-electron chi connectivity index (χ4n) is 2.13. The van der Waals surface area contributed by atoms with Crippen molar-refractivity contribution in [2.45, 2.75) is 5.92 Å². The van der Waals surface area contributed by atoms with Gasteiger partial charge in [0.25, 0.3) is 5.91 Å². The molecule has 2 heterocycles. The summed E-state index contributed by atoms with van der Waals surface area (Å²) in [6, 6.07) is 6.74. The predicted octanol–water partition coefficient (Wildman–Crippen LogP) is 2.52. The van der Waals surface area contributed by atoms with Gasteiger partial charge in [-0.3, -0.25) is 4.79 Å². The molecule has 3 rings (SSSR count). The molecule has 1 fully saturated rings. The van der Waals surface area contributed by atoms with Crippen LogP contribution in [0, 0.1) is 5.82 Å². The van der Waals surface area contributed by atoms with Crippen LogP contribution in [0.5, 0.6) is 0 Å². The molecule has 18 heavy (non-hydrogen) atoms. The van der Waals surface area contributed by atoms with Gasteiger partial charge in [0.15, 0.2) is 0 Å². The van der Waals surface area contributed by atoms with Crippen LogP contribution in [0.25, 0.3) is 0 Å². The quantitative estimate of drug-likeness (QED) is 0.833. The average Bonchev–Trinajstić information content (AvgIpc) is 2.83. The molecule has 0 aliphatic carbocycles. The molecule has 1 aromatic heterocycles. The van der Waals surface area contributed by atoms with Crippen molar-refractivity contribution < 1.29 is 9.18 Å². The van der Waals surface area contributed by atoms with Crippen molar-refractivity contribution in [1.82, 2.24) is 9.88 Å². The minimum absolute atomic E-state index is 0.0659. The summed E-state index contributed by atoms with van der Waals surface area (Å²) >= 11 is 1.40. The highest BCUT2D eigenvalue weighted by atomic mass is 32.1. The first-order valence-electron chi connectivity index (χ1n) is 5.67. The maximum atomic E-state index is 13.5. The fraction of sp³-hybridized carbons (Fsp3) is 0.231. The van der Waals surface area contributed by atoms with Crippen molar-refractivity contribution in [3.8, 4) is 0 Å². The molecule has 0 spiro atoms. The highest BCUT2D eigenvalue weighted by Gasteiger charge is 2.34. The minimum Gasteiger partial charge on any atom is -0.336 e. The van der Waals surface area contributed by atoms with Gasteiger partial charge in [-0.25, -0.2) is 9.37 Å². The number of benzene rings is 1. The van der Waals surface area contributed by atoms with Crippen LogP contribution in [0.15, 0.2) is 35.2 Å². The van der Waals surface area contributed by atoms with Crippen molar-refractivity contribution >= 4 is 17.2 Å². The first kappa shape index (κ1) is 11.3. The third kappa shape index (κ3) is 1.90. The van der Waals surface area contributed by atoms with Crippen LogP contribution < -0.4 is 0 Å². The van der Waals surface area contributed by atoms with Crippen LogP contribution in [0.4, 0.5) is 4.39 Å². The monoisotopic (exact) mass is 262 g/mol. The van der Waals surface area contributed by atoms with Gasteiger partial charge < -0.3 is 4.90 Å². The number of nitrogens with zero attached hydrogens (tertiary/aromatic N) is 2. The number of carbonyl (C=O) groups is 1. The largest absolute Gasteiger partial charge is 0.336 e. The van der Waals surface area contributed by atoms with Gasteiger partial charge in [0.2, 0.25) is 0 Å². The Balaban J connectivity index is 1.67. The number of hydrogen-bond donors (Lipinski definition) is 0. The zero-order valence-corrected chi connectivity index (χ0v) is 10.4. The Bertz CT molecular complexity index is 564. The third-order valence-electron chi connectivity index (χ3n) is 3.17. The maximum Gasteiger partial charge on any atom is 0.273 e. The molecule has 0 atom stereocenters. The van der Waals surface area contributed by atoms with Gasteiger partial charge in [0.1, 0.15) is 11.5 Å². The normalized spacial score (nSPS) is 15.5. The number of amides is 1. The van der Waals surface area contributed by atoms with E-state index in [2.05, 4.69) is 4.98 Å². The lowest BCUT2D eigenvalue weighted by atomic mass is 9.91.